The molecule has 0 radical (unpaired) electrons. The fraction of sp³-hybridized carbons (Fsp3) is 0. The molecule has 0 heterocycles. The van der Waals surface area contributed by atoms with Gasteiger partial charge in [0.25, 0.3) is 0 Å². The molecule has 96 valence electrons. The molecule has 0 aliphatic carbocycles. The van der Waals surface area contributed by atoms with Crippen LogP contribution < -0.4 is 4.74 Å². The summed E-state index contributed by atoms with van der Waals surface area (Å²) < 4.78 is 5.77. The Balaban J connectivity index is 2.07. The van der Waals surface area contributed by atoms with Crippen molar-refractivity contribution in [1.82, 2.24) is 0 Å². The maximum Gasteiger partial charge on any atom is 0.127 e. The van der Waals surface area contributed by atoms with Gasteiger partial charge in [-0.1, -0.05) is 56.1 Å². The van der Waals surface area contributed by atoms with Crippen molar-refractivity contribution in [2.24, 2.45) is 0 Å². The predicted molar refractivity (Wildman–Crippen MR) is 88.9 cm³/mol. The summed E-state index contributed by atoms with van der Waals surface area (Å²) in [5.41, 5.74) is 2.25. The molecule has 0 saturated carbocycles. The van der Waals surface area contributed by atoms with Gasteiger partial charge in [0, 0.05) is 0 Å². The highest BCUT2D eigenvalue weighted by molar-refractivity contribution is 9.11. The zero-order valence-electron chi connectivity index (χ0n) is 10.1. The molecule has 0 spiro atoms. The number of rotatable bonds is 4. The largest absolute Gasteiger partial charge is 0.457 e. The minimum absolute atomic E-state index is 0.829. The number of hydrogen-bond donors (Lipinski definition) is 0. The second kappa shape index (κ2) is 7.31. The van der Waals surface area contributed by atoms with Crippen LogP contribution in [0.3, 0.4) is 0 Å². The van der Waals surface area contributed by atoms with Crippen molar-refractivity contribution in [2.45, 2.75) is 0 Å². The SMILES string of the molecule is Br/C=C/c1ccc(Oc2ccc(/C=C/Br)cc2)cc1. The van der Waals surface area contributed by atoms with Crippen molar-refractivity contribution in [3.63, 3.8) is 0 Å². The Labute approximate surface area is 129 Å². The van der Waals surface area contributed by atoms with Crippen LogP contribution in [0.4, 0.5) is 0 Å². The zero-order chi connectivity index (χ0) is 13.5. The first-order chi connectivity index (χ1) is 9.31. The molecule has 0 aliphatic rings. The van der Waals surface area contributed by atoms with E-state index in [0.717, 1.165) is 22.6 Å². The molecule has 0 unspecified atom stereocenters. The topological polar surface area (TPSA) is 9.23 Å². The third kappa shape index (κ3) is 4.37. The molecule has 0 aromatic heterocycles. The Morgan fingerprint density at radius 1 is 0.632 bits per heavy atom. The summed E-state index contributed by atoms with van der Waals surface area (Å²) in [4.78, 5) is 3.66. The maximum atomic E-state index is 5.77. The third-order valence-electron chi connectivity index (χ3n) is 2.51. The number of ether oxygens (including phenoxy) is 1. The Morgan fingerprint density at radius 2 is 1.00 bits per heavy atom. The Kier molecular flexibility index (Phi) is 5.43. The van der Waals surface area contributed by atoms with E-state index < -0.39 is 0 Å². The predicted octanol–water partition coefficient (Wildman–Crippen LogP) is 6.21. The normalized spacial score (nSPS) is 11.3. The van der Waals surface area contributed by atoms with Crippen molar-refractivity contribution in [2.75, 3.05) is 0 Å². The number of halogens is 2. The standard InChI is InChI=1S/C16H12Br2O/c17-11-9-13-1-5-15(6-2-13)19-16-7-3-14(4-8-16)10-12-18/h1-12H/b11-9+,12-10+. The fourth-order valence-corrected chi connectivity index (χ4v) is 2.19. The molecular weight excluding hydrogens is 368 g/mol. The molecule has 3 heteroatoms. The van der Waals surface area contributed by atoms with Crippen molar-refractivity contribution < 1.29 is 4.74 Å². The van der Waals surface area contributed by atoms with E-state index >= 15 is 0 Å². The lowest BCUT2D eigenvalue weighted by Crippen LogP contribution is -1.84. The van der Waals surface area contributed by atoms with Gasteiger partial charge in [-0.15, -0.1) is 0 Å². The van der Waals surface area contributed by atoms with E-state index in [1.165, 1.54) is 0 Å². The van der Waals surface area contributed by atoms with E-state index in [-0.39, 0.29) is 0 Å². The summed E-state index contributed by atoms with van der Waals surface area (Å²) >= 11 is 6.51. The summed E-state index contributed by atoms with van der Waals surface area (Å²) in [7, 11) is 0. The first kappa shape index (κ1) is 14.1. The molecular formula is C16H12Br2O. The second-order valence-corrected chi connectivity index (χ2v) is 4.88. The van der Waals surface area contributed by atoms with E-state index in [1.54, 1.807) is 0 Å². The van der Waals surface area contributed by atoms with Crippen LogP contribution in [-0.2, 0) is 0 Å². The quantitative estimate of drug-likeness (QED) is 0.613. The van der Waals surface area contributed by atoms with Crippen molar-refractivity contribution in [3.8, 4) is 11.5 Å². The van der Waals surface area contributed by atoms with Gasteiger partial charge in [-0.2, -0.15) is 0 Å². The van der Waals surface area contributed by atoms with E-state index in [2.05, 4.69) is 31.9 Å². The van der Waals surface area contributed by atoms with Crippen LogP contribution in [-0.4, -0.2) is 0 Å². The molecule has 0 fully saturated rings. The molecule has 19 heavy (non-hydrogen) atoms. The average Bonchev–Trinajstić information content (AvgIpc) is 2.44. The van der Waals surface area contributed by atoms with Gasteiger partial charge in [0.1, 0.15) is 11.5 Å². The maximum absolute atomic E-state index is 5.77. The minimum Gasteiger partial charge on any atom is -0.457 e. The first-order valence-electron chi connectivity index (χ1n) is 5.73. The van der Waals surface area contributed by atoms with Crippen molar-refractivity contribution in [1.29, 1.82) is 0 Å². The van der Waals surface area contributed by atoms with Gasteiger partial charge in [-0.3, -0.25) is 0 Å². The molecule has 0 N–H and O–H groups in total. The van der Waals surface area contributed by atoms with Crippen molar-refractivity contribution in [3.05, 3.63) is 69.6 Å². The summed E-state index contributed by atoms with van der Waals surface area (Å²) in [6.45, 7) is 0. The lowest BCUT2D eigenvalue weighted by atomic mass is 10.2. The summed E-state index contributed by atoms with van der Waals surface area (Å²) in [5, 5.41) is 0. The molecule has 2 aromatic carbocycles. The molecule has 0 atom stereocenters. The highest BCUT2D eigenvalue weighted by atomic mass is 79.9. The molecule has 0 saturated heterocycles. The van der Waals surface area contributed by atoms with Gasteiger partial charge in [0.05, 0.1) is 0 Å². The summed E-state index contributed by atoms with van der Waals surface area (Å²) in [5.74, 6) is 1.66. The monoisotopic (exact) mass is 378 g/mol. The molecule has 0 aliphatic heterocycles. The Morgan fingerprint density at radius 3 is 1.32 bits per heavy atom. The van der Waals surface area contributed by atoms with Crippen LogP contribution in [0.1, 0.15) is 11.1 Å². The fourth-order valence-electron chi connectivity index (χ4n) is 1.58. The molecule has 2 aromatic rings. The highest BCUT2D eigenvalue weighted by Gasteiger charge is 1.97. The lowest BCUT2D eigenvalue weighted by molar-refractivity contribution is 0.482. The summed E-state index contributed by atoms with van der Waals surface area (Å²) in [6.07, 6.45) is 3.95. The number of hydrogen-bond acceptors (Lipinski definition) is 1. The zero-order valence-corrected chi connectivity index (χ0v) is 13.3. The average molecular weight is 380 g/mol. The van der Waals surface area contributed by atoms with Gasteiger partial charge in [0.2, 0.25) is 0 Å². The van der Waals surface area contributed by atoms with Crippen LogP contribution in [0.5, 0.6) is 11.5 Å². The van der Waals surface area contributed by atoms with Gasteiger partial charge >= 0.3 is 0 Å². The number of benzene rings is 2. The minimum atomic E-state index is 0.829. The van der Waals surface area contributed by atoms with Crippen LogP contribution in [0, 0.1) is 0 Å². The van der Waals surface area contributed by atoms with E-state index in [0.29, 0.717) is 0 Å². The highest BCUT2D eigenvalue weighted by Crippen LogP contribution is 2.22. The summed E-state index contributed by atoms with van der Waals surface area (Å²) in [6, 6.07) is 15.8. The lowest BCUT2D eigenvalue weighted by Gasteiger charge is -2.06. The van der Waals surface area contributed by atoms with Gasteiger partial charge in [-0.25, -0.2) is 0 Å². The Bertz CT molecular complexity index is 515. The molecule has 0 bridgehead atoms. The van der Waals surface area contributed by atoms with Crippen molar-refractivity contribution >= 4 is 44.0 Å². The first-order valence-corrected chi connectivity index (χ1v) is 7.56. The second-order valence-electron chi connectivity index (χ2n) is 3.83. The van der Waals surface area contributed by atoms with E-state index in [9.17, 15) is 0 Å². The van der Waals surface area contributed by atoms with Crippen LogP contribution in [0.2, 0.25) is 0 Å². The molecule has 0 amide bonds. The third-order valence-corrected chi connectivity index (χ3v) is 3.04. The molecule has 2 rings (SSSR count). The van der Waals surface area contributed by atoms with Gasteiger partial charge in [-0.05, 0) is 57.5 Å². The Hall–Kier alpha value is -1.32. The van der Waals surface area contributed by atoms with Crippen LogP contribution in [0.25, 0.3) is 12.2 Å². The molecule has 1 nitrogen and oxygen atoms in total. The van der Waals surface area contributed by atoms with Crippen LogP contribution in [0.15, 0.2) is 58.5 Å². The van der Waals surface area contributed by atoms with Gasteiger partial charge < -0.3 is 4.74 Å². The van der Waals surface area contributed by atoms with E-state index in [4.69, 9.17) is 4.74 Å². The van der Waals surface area contributed by atoms with E-state index in [1.807, 2.05) is 70.7 Å². The van der Waals surface area contributed by atoms with Gasteiger partial charge in [0.15, 0.2) is 0 Å². The smallest absolute Gasteiger partial charge is 0.127 e. The van der Waals surface area contributed by atoms with Crippen LogP contribution >= 0.6 is 31.9 Å².